The predicted octanol–water partition coefficient (Wildman–Crippen LogP) is 7.71. The predicted molar refractivity (Wildman–Crippen MR) is 174 cm³/mol. The highest BCUT2D eigenvalue weighted by atomic mass is 32.1. The second kappa shape index (κ2) is 18.0. The Morgan fingerprint density at radius 2 is 1.55 bits per heavy atom. The number of thiophene rings is 1. The normalized spacial score (nSPS) is 11.6. The number of rotatable bonds is 18. The lowest BCUT2D eigenvalue weighted by Gasteiger charge is -2.18. The van der Waals surface area contributed by atoms with Crippen molar-refractivity contribution in [1.82, 2.24) is 4.98 Å². The van der Waals surface area contributed by atoms with E-state index in [1.807, 2.05) is 48.5 Å². The summed E-state index contributed by atoms with van der Waals surface area (Å²) in [6, 6.07) is 26.7. The molecule has 1 atom stereocenters. The molecule has 232 valence electrons. The molecule has 0 aliphatic heterocycles. The summed E-state index contributed by atoms with van der Waals surface area (Å²) in [5.41, 5.74) is 5.44. The van der Waals surface area contributed by atoms with Gasteiger partial charge >= 0.3 is 11.9 Å². The van der Waals surface area contributed by atoms with E-state index in [4.69, 9.17) is 19.2 Å². The molecule has 1 unspecified atom stereocenters. The summed E-state index contributed by atoms with van der Waals surface area (Å²) in [7, 11) is 2.72. The number of esters is 2. The molecule has 0 amide bonds. The van der Waals surface area contributed by atoms with Gasteiger partial charge in [-0.15, -0.1) is 11.3 Å². The van der Waals surface area contributed by atoms with Crippen molar-refractivity contribution >= 4 is 23.3 Å². The van der Waals surface area contributed by atoms with Crippen LogP contribution in [0.5, 0.6) is 5.88 Å². The van der Waals surface area contributed by atoms with Gasteiger partial charge in [0, 0.05) is 25.5 Å². The highest BCUT2D eigenvalue weighted by Crippen LogP contribution is 2.31. The minimum absolute atomic E-state index is 0.249. The van der Waals surface area contributed by atoms with E-state index in [9.17, 15) is 9.59 Å². The summed E-state index contributed by atoms with van der Waals surface area (Å²) in [4.78, 5) is 29.7. The minimum atomic E-state index is -0.717. The van der Waals surface area contributed by atoms with E-state index in [0.29, 0.717) is 25.3 Å². The Labute approximate surface area is 264 Å². The van der Waals surface area contributed by atoms with Gasteiger partial charge in [-0.3, -0.25) is 4.79 Å². The third kappa shape index (κ3) is 10.3. The first kappa shape index (κ1) is 32.9. The summed E-state index contributed by atoms with van der Waals surface area (Å²) < 4.78 is 21.6. The number of pyridine rings is 1. The maximum atomic E-state index is 12.4. The van der Waals surface area contributed by atoms with E-state index in [0.717, 1.165) is 59.4 Å². The van der Waals surface area contributed by atoms with Crippen molar-refractivity contribution in [1.29, 1.82) is 0 Å². The van der Waals surface area contributed by atoms with E-state index in [2.05, 4.69) is 40.4 Å². The van der Waals surface area contributed by atoms with Gasteiger partial charge in [0.2, 0.25) is 5.88 Å². The molecule has 0 saturated heterocycles. The van der Waals surface area contributed by atoms with Gasteiger partial charge in [0.15, 0.2) is 6.10 Å². The third-order valence-corrected chi connectivity index (χ3v) is 8.23. The molecule has 44 heavy (non-hydrogen) atoms. The summed E-state index contributed by atoms with van der Waals surface area (Å²) in [5, 5.41) is 2.06. The highest BCUT2D eigenvalue weighted by Gasteiger charge is 2.22. The monoisotopic (exact) mass is 615 g/mol. The molecule has 4 rings (SSSR count). The number of carbonyl (C=O) groups excluding carboxylic acids is 2. The van der Waals surface area contributed by atoms with Crippen LogP contribution >= 0.6 is 11.3 Å². The SMILES string of the molecule is COC(=O)CCCOC(Cc1ccccc1CCCCCCOc1cc(-c2ccccc2)cc(-c2cccs2)n1)C(=O)OC. The summed E-state index contributed by atoms with van der Waals surface area (Å²) in [5.74, 6) is -0.0575. The van der Waals surface area contributed by atoms with Crippen LogP contribution in [0.3, 0.4) is 0 Å². The molecule has 0 spiro atoms. The fourth-order valence-electron chi connectivity index (χ4n) is 4.96. The van der Waals surface area contributed by atoms with E-state index >= 15 is 0 Å². The number of ether oxygens (including phenoxy) is 4. The van der Waals surface area contributed by atoms with Crippen LogP contribution in [0.1, 0.15) is 49.7 Å². The summed E-state index contributed by atoms with van der Waals surface area (Å²) in [6.07, 6.45) is 5.45. The number of aryl methyl sites for hydroxylation is 1. The molecule has 0 bridgehead atoms. The van der Waals surface area contributed by atoms with Gasteiger partial charge in [0.05, 0.1) is 31.4 Å². The van der Waals surface area contributed by atoms with Gasteiger partial charge in [-0.05, 0) is 65.4 Å². The van der Waals surface area contributed by atoms with Crippen molar-refractivity contribution in [2.75, 3.05) is 27.4 Å². The van der Waals surface area contributed by atoms with Crippen LogP contribution in [0.15, 0.2) is 84.2 Å². The highest BCUT2D eigenvalue weighted by molar-refractivity contribution is 7.13. The first-order valence-corrected chi connectivity index (χ1v) is 16.0. The maximum absolute atomic E-state index is 12.4. The topological polar surface area (TPSA) is 84.0 Å². The van der Waals surface area contributed by atoms with E-state index < -0.39 is 12.1 Å². The number of carbonyl (C=O) groups is 2. The zero-order chi connectivity index (χ0) is 31.0. The molecule has 7 nitrogen and oxygen atoms in total. The molecule has 0 radical (unpaired) electrons. The molecule has 0 fully saturated rings. The molecule has 0 N–H and O–H groups in total. The van der Waals surface area contributed by atoms with Crippen molar-refractivity contribution in [2.24, 2.45) is 0 Å². The number of hydrogen-bond donors (Lipinski definition) is 0. The lowest BCUT2D eigenvalue weighted by atomic mass is 9.97. The molecular formula is C36H41NO6S. The average Bonchev–Trinajstić information content (AvgIpc) is 3.61. The lowest BCUT2D eigenvalue weighted by molar-refractivity contribution is -0.154. The van der Waals surface area contributed by atoms with Gasteiger partial charge in [0.1, 0.15) is 0 Å². The average molecular weight is 616 g/mol. The van der Waals surface area contributed by atoms with Gasteiger partial charge < -0.3 is 18.9 Å². The Morgan fingerprint density at radius 3 is 2.30 bits per heavy atom. The van der Waals surface area contributed by atoms with Gasteiger partial charge in [-0.2, -0.15) is 0 Å². The number of benzene rings is 2. The molecular weight excluding hydrogens is 574 g/mol. The first-order valence-electron chi connectivity index (χ1n) is 15.1. The number of hydrogen-bond acceptors (Lipinski definition) is 8. The van der Waals surface area contributed by atoms with Crippen molar-refractivity contribution in [3.05, 3.63) is 95.4 Å². The Balaban J connectivity index is 1.24. The van der Waals surface area contributed by atoms with Crippen molar-refractivity contribution in [3.63, 3.8) is 0 Å². The lowest BCUT2D eigenvalue weighted by Crippen LogP contribution is -2.29. The molecule has 2 aromatic heterocycles. The van der Waals surface area contributed by atoms with Crippen molar-refractivity contribution in [3.8, 4) is 27.6 Å². The largest absolute Gasteiger partial charge is 0.478 e. The maximum Gasteiger partial charge on any atom is 0.335 e. The summed E-state index contributed by atoms with van der Waals surface area (Å²) >= 11 is 1.67. The van der Waals surface area contributed by atoms with E-state index in [1.54, 1.807) is 11.3 Å². The van der Waals surface area contributed by atoms with E-state index in [-0.39, 0.29) is 19.0 Å². The number of unbranched alkanes of at least 4 members (excludes halogenated alkanes) is 3. The molecule has 4 aromatic rings. The van der Waals surface area contributed by atoms with Crippen molar-refractivity contribution < 1.29 is 28.5 Å². The Morgan fingerprint density at radius 1 is 0.773 bits per heavy atom. The fraction of sp³-hybridized carbons (Fsp3) is 0.361. The zero-order valence-electron chi connectivity index (χ0n) is 25.5. The summed E-state index contributed by atoms with van der Waals surface area (Å²) in [6.45, 7) is 0.889. The van der Waals surface area contributed by atoms with Crippen LogP contribution < -0.4 is 4.74 Å². The standard InChI is InChI=1S/C36H41NO6S/c1-40-35(38)20-12-22-42-32(36(39)41-2)25-29-18-10-9-17-27(29)14-6-3-4-11-21-43-34-26-30(28-15-7-5-8-16-28)24-31(37-34)33-19-13-23-44-33/h5,7-10,13,15-19,23-24,26,32H,3-4,6,11-12,14,20-22,25H2,1-2H3. The van der Waals surface area contributed by atoms with Crippen LogP contribution in [0.4, 0.5) is 0 Å². The second-order valence-electron chi connectivity index (χ2n) is 10.5. The van der Waals surface area contributed by atoms with Crippen LogP contribution in [0, 0.1) is 0 Å². The fourth-order valence-corrected chi connectivity index (χ4v) is 5.65. The molecule has 0 saturated carbocycles. The minimum Gasteiger partial charge on any atom is -0.478 e. The van der Waals surface area contributed by atoms with Crippen LogP contribution in [-0.2, 0) is 36.6 Å². The van der Waals surface area contributed by atoms with Crippen LogP contribution in [0.2, 0.25) is 0 Å². The van der Waals surface area contributed by atoms with Crippen LogP contribution in [-0.4, -0.2) is 50.5 Å². The Bertz CT molecular complexity index is 1440. The molecule has 0 aliphatic rings. The first-order chi connectivity index (χ1) is 21.6. The van der Waals surface area contributed by atoms with Crippen molar-refractivity contribution in [2.45, 2.75) is 57.5 Å². The molecule has 2 aromatic carbocycles. The smallest absolute Gasteiger partial charge is 0.335 e. The van der Waals surface area contributed by atoms with Crippen LogP contribution in [0.25, 0.3) is 21.7 Å². The van der Waals surface area contributed by atoms with Gasteiger partial charge in [0.25, 0.3) is 0 Å². The quantitative estimate of drug-likeness (QED) is 0.0837. The molecule has 0 aliphatic carbocycles. The van der Waals surface area contributed by atoms with E-state index in [1.165, 1.54) is 19.8 Å². The second-order valence-corrected chi connectivity index (χ2v) is 11.4. The van der Waals surface area contributed by atoms with Gasteiger partial charge in [-0.1, -0.05) is 73.5 Å². The number of nitrogens with zero attached hydrogens (tertiary/aromatic N) is 1. The molecule has 8 heteroatoms. The Hall–Kier alpha value is -4.01. The number of methoxy groups -OCH3 is 2. The zero-order valence-corrected chi connectivity index (χ0v) is 26.4. The third-order valence-electron chi connectivity index (χ3n) is 7.33. The number of aromatic nitrogens is 1. The van der Waals surface area contributed by atoms with Gasteiger partial charge in [-0.25, -0.2) is 9.78 Å². The molecule has 2 heterocycles. The Kier molecular flexibility index (Phi) is 13.4.